The molecule has 0 radical (unpaired) electrons. The molecule has 3 nitrogen and oxygen atoms in total. The zero-order valence-electron chi connectivity index (χ0n) is 14.9. The zero-order chi connectivity index (χ0) is 18.8. The van der Waals surface area contributed by atoms with Crippen molar-refractivity contribution in [3.63, 3.8) is 0 Å². The molecule has 4 aromatic rings. The van der Waals surface area contributed by atoms with E-state index >= 15 is 0 Å². The predicted octanol–water partition coefficient (Wildman–Crippen LogP) is 5.36. The number of fused-ring (bicyclic) bond motifs is 1. The summed E-state index contributed by atoms with van der Waals surface area (Å²) in [5.74, 6) is -0.154. The normalized spacial score (nSPS) is 10.9. The Balaban J connectivity index is 1.74. The molecule has 0 amide bonds. The van der Waals surface area contributed by atoms with E-state index in [1.165, 1.54) is 12.1 Å². The van der Waals surface area contributed by atoms with Gasteiger partial charge in [-0.3, -0.25) is 0 Å². The molecule has 0 aliphatic heterocycles. The topological polar surface area (TPSA) is 31.2 Å². The van der Waals surface area contributed by atoms with E-state index in [-0.39, 0.29) is 5.82 Å². The van der Waals surface area contributed by atoms with Gasteiger partial charge in [0.1, 0.15) is 17.3 Å². The van der Waals surface area contributed by atoms with Gasteiger partial charge in [0.25, 0.3) is 0 Å². The van der Waals surface area contributed by atoms with E-state index in [0.29, 0.717) is 18.0 Å². The maximum atomic E-state index is 13.2. The van der Waals surface area contributed by atoms with Crippen LogP contribution in [0, 0.1) is 12.7 Å². The number of benzene rings is 3. The maximum Gasteiger partial charge on any atom is 0.360 e. The Kier molecular flexibility index (Phi) is 4.47. The van der Waals surface area contributed by atoms with Crippen LogP contribution < -0.4 is 4.74 Å². The van der Waals surface area contributed by atoms with Crippen molar-refractivity contribution >= 4 is 16.9 Å². The van der Waals surface area contributed by atoms with E-state index < -0.39 is 5.97 Å². The van der Waals surface area contributed by atoms with Gasteiger partial charge in [0.05, 0.1) is 0 Å². The van der Waals surface area contributed by atoms with Crippen molar-refractivity contribution in [3.8, 4) is 5.75 Å². The van der Waals surface area contributed by atoms with E-state index in [1.54, 1.807) is 18.2 Å². The lowest BCUT2D eigenvalue weighted by Crippen LogP contribution is -2.15. The fourth-order valence-corrected chi connectivity index (χ4v) is 3.15. The van der Waals surface area contributed by atoms with Crippen LogP contribution in [0.15, 0.2) is 78.9 Å². The monoisotopic (exact) mass is 359 g/mol. The molecular weight excluding hydrogens is 341 g/mol. The minimum atomic E-state index is -0.414. The molecule has 1 heterocycles. The summed E-state index contributed by atoms with van der Waals surface area (Å²) in [6.45, 7) is 2.35. The maximum absolute atomic E-state index is 13.2. The van der Waals surface area contributed by atoms with Crippen LogP contribution in [0.1, 0.15) is 21.6 Å². The fourth-order valence-electron chi connectivity index (χ4n) is 3.15. The van der Waals surface area contributed by atoms with Crippen molar-refractivity contribution in [1.29, 1.82) is 0 Å². The highest BCUT2D eigenvalue weighted by atomic mass is 19.1. The van der Waals surface area contributed by atoms with E-state index in [2.05, 4.69) is 0 Å². The van der Waals surface area contributed by atoms with E-state index in [1.807, 2.05) is 60.0 Å². The number of rotatable bonds is 4. The highest BCUT2D eigenvalue weighted by Crippen LogP contribution is 2.24. The van der Waals surface area contributed by atoms with E-state index in [0.717, 1.165) is 22.0 Å². The van der Waals surface area contributed by atoms with Crippen LogP contribution in [0.3, 0.4) is 0 Å². The standard InChI is InChI=1S/C23H18FNO2/c1-16-6-2-5-9-22(16)27-23(26)21-14-18-7-3-4-8-20(18)25(21)15-17-10-12-19(24)13-11-17/h2-14H,15H2,1H3. The molecule has 3 aromatic carbocycles. The first kappa shape index (κ1) is 17.0. The molecule has 1 aromatic heterocycles. The lowest BCUT2D eigenvalue weighted by atomic mass is 10.2. The minimum absolute atomic E-state index is 0.282. The Morgan fingerprint density at radius 1 is 0.963 bits per heavy atom. The highest BCUT2D eigenvalue weighted by Gasteiger charge is 2.18. The van der Waals surface area contributed by atoms with Gasteiger partial charge in [-0.2, -0.15) is 0 Å². The fraction of sp³-hybridized carbons (Fsp3) is 0.0870. The molecule has 0 fully saturated rings. The van der Waals surface area contributed by atoms with E-state index in [4.69, 9.17) is 4.74 Å². The Bertz CT molecular complexity index is 1110. The van der Waals surface area contributed by atoms with Crippen LogP contribution in [-0.4, -0.2) is 10.5 Å². The van der Waals surface area contributed by atoms with Gasteiger partial charge in [0.2, 0.25) is 0 Å². The molecular formula is C23H18FNO2. The highest BCUT2D eigenvalue weighted by molar-refractivity contribution is 5.96. The number of carbonyl (C=O) groups excluding carboxylic acids is 1. The second-order valence-electron chi connectivity index (χ2n) is 6.46. The number of para-hydroxylation sites is 2. The smallest absolute Gasteiger partial charge is 0.360 e. The molecule has 134 valence electrons. The number of hydrogen-bond donors (Lipinski definition) is 0. The third-order valence-electron chi connectivity index (χ3n) is 4.57. The Morgan fingerprint density at radius 2 is 1.67 bits per heavy atom. The lowest BCUT2D eigenvalue weighted by Gasteiger charge is -2.12. The van der Waals surface area contributed by atoms with Crippen molar-refractivity contribution < 1.29 is 13.9 Å². The number of halogens is 1. The van der Waals surface area contributed by atoms with Gasteiger partial charge in [-0.05, 0) is 48.4 Å². The van der Waals surface area contributed by atoms with Gasteiger partial charge in [-0.15, -0.1) is 0 Å². The number of carbonyl (C=O) groups is 1. The van der Waals surface area contributed by atoms with Gasteiger partial charge in [-0.1, -0.05) is 48.5 Å². The van der Waals surface area contributed by atoms with Crippen molar-refractivity contribution in [1.82, 2.24) is 4.57 Å². The first-order valence-corrected chi connectivity index (χ1v) is 8.72. The molecule has 0 aliphatic carbocycles. The summed E-state index contributed by atoms with van der Waals surface area (Å²) in [5, 5.41) is 0.955. The van der Waals surface area contributed by atoms with Crippen LogP contribution in [0.25, 0.3) is 10.9 Å². The SMILES string of the molecule is Cc1ccccc1OC(=O)c1cc2ccccc2n1Cc1ccc(F)cc1. The second kappa shape index (κ2) is 7.08. The Hall–Kier alpha value is -3.40. The third kappa shape index (κ3) is 3.47. The molecule has 0 atom stereocenters. The van der Waals surface area contributed by atoms with Crippen LogP contribution in [0.5, 0.6) is 5.75 Å². The Labute approximate surface area is 156 Å². The molecule has 0 saturated heterocycles. The number of nitrogens with zero attached hydrogens (tertiary/aromatic N) is 1. The van der Waals surface area contributed by atoms with Gasteiger partial charge >= 0.3 is 5.97 Å². The first-order valence-electron chi connectivity index (χ1n) is 8.72. The summed E-state index contributed by atoms with van der Waals surface area (Å²) in [5.41, 5.74) is 3.19. The molecule has 0 spiro atoms. The largest absolute Gasteiger partial charge is 0.422 e. The van der Waals surface area contributed by atoms with Crippen molar-refractivity contribution in [2.45, 2.75) is 13.5 Å². The molecule has 0 aliphatic rings. The molecule has 0 saturated carbocycles. The van der Waals surface area contributed by atoms with Crippen molar-refractivity contribution in [2.75, 3.05) is 0 Å². The second-order valence-corrected chi connectivity index (χ2v) is 6.46. The van der Waals surface area contributed by atoms with Crippen molar-refractivity contribution in [2.24, 2.45) is 0 Å². The molecule has 4 heteroatoms. The number of aryl methyl sites for hydroxylation is 1. The summed E-state index contributed by atoms with van der Waals surface area (Å²) in [4.78, 5) is 12.9. The minimum Gasteiger partial charge on any atom is -0.422 e. The molecule has 0 bridgehead atoms. The summed E-state index contributed by atoms with van der Waals surface area (Å²) in [6.07, 6.45) is 0. The molecule has 4 rings (SSSR count). The summed E-state index contributed by atoms with van der Waals surface area (Å²) < 4.78 is 20.8. The number of ether oxygens (including phenoxy) is 1. The van der Waals surface area contributed by atoms with Crippen LogP contribution in [0.2, 0.25) is 0 Å². The van der Waals surface area contributed by atoms with Gasteiger partial charge in [0.15, 0.2) is 0 Å². The third-order valence-corrected chi connectivity index (χ3v) is 4.57. The van der Waals surface area contributed by atoms with Gasteiger partial charge in [0, 0.05) is 17.4 Å². The summed E-state index contributed by atoms with van der Waals surface area (Å²) in [7, 11) is 0. The van der Waals surface area contributed by atoms with Crippen LogP contribution in [-0.2, 0) is 6.54 Å². The van der Waals surface area contributed by atoms with Crippen LogP contribution in [0.4, 0.5) is 4.39 Å². The number of hydrogen-bond acceptors (Lipinski definition) is 2. The predicted molar refractivity (Wildman–Crippen MR) is 104 cm³/mol. The molecule has 27 heavy (non-hydrogen) atoms. The number of aromatic nitrogens is 1. The quantitative estimate of drug-likeness (QED) is 0.363. The first-order chi connectivity index (χ1) is 13.1. The van der Waals surface area contributed by atoms with Gasteiger partial charge < -0.3 is 9.30 Å². The van der Waals surface area contributed by atoms with Gasteiger partial charge in [-0.25, -0.2) is 9.18 Å². The average Bonchev–Trinajstić information content (AvgIpc) is 3.04. The average molecular weight is 359 g/mol. The lowest BCUT2D eigenvalue weighted by molar-refractivity contribution is 0.0723. The Morgan fingerprint density at radius 3 is 2.44 bits per heavy atom. The van der Waals surface area contributed by atoms with E-state index in [9.17, 15) is 9.18 Å². The zero-order valence-corrected chi connectivity index (χ0v) is 14.9. The molecule has 0 unspecified atom stereocenters. The number of esters is 1. The summed E-state index contributed by atoms with van der Waals surface area (Å²) in [6, 6.07) is 23.3. The summed E-state index contributed by atoms with van der Waals surface area (Å²) >= 11 is 0. The van der Waals surface area contributed by atoms with Crippen molar-refractivity contribution in [3.05, 3.63) is 102 Å². The van der Waals surface area contributed by atoms with Crippen LogP contribution >= 0.6 is 0 Å². The molecule has 0 N–H and O–H groups in total.